The predicted octanol–water partition coefficient (Wildman–Crippen LogP) is 3.61. The van der Waals surface area contributed by atoms with Gasteiger partial charge in [0, 0.05) is 37.7 Å². The highest BCUT2D eigenvalue weighted by Gasteiger charge is 2.15. The average molecular weight is 375 g/mol. The van der Waals surface area contributed by atoms with E-state index in [4.69, 9.17) is 4.74 Å². The molecule has 3 aromatic rings. The topological polar surface area (TPSA) is 71.5 Å². The Morgan fingerprint density at radius 3 is 2.50 bits per heavy atom. The van der Waals surface area contributed by atoms with Crippen LogP contribution in [0.2, 0.25) is 0 Å². The number of ether oxygens (including phenoxy) is 1. The Balaban J connectivity index is 1.72. The van der Waals surface area contributed by atoms with Crippen molar-refractivity contribution in [1.29, 1.82) is 0 Å². The van der Waals surface area contributed by atoms with Crippen molar-refractivity contribution in [2.75, 3.05) is 19.5 Å². The molecule has 1 heterocycles. The fourth-order valence-corrected chi connectivity index (χ4v) is 2.73. The molecule has 0 bridgehead atoms. The molecule has 0 radical (unpaired) electrons. The smallest absolute Gasteiger partial charge is 0.257 e. The van der Waals surface area contributed by atoms with Crippen LogP contribution in [-0.4, -0.2) is 35.9 Å². The van der Waals surface area contributed by atoms with Gasteiger partial charge in [0.1, 0.15) is 5.75 Å². The number of nitrogens with zero attached hydrogens (tertiary/aromatic N) is 2. The molecule has 0 saturated heterocycles. The molecule has 0 aliphatic rings. The Morgan fingerprint density at radius 2 is 1.75 bits per heavy atom. The van der Waals surface area contributed by atoms with Crippen molar-refractivity contribution in [3.63, 3.8) is 0 Å². The van der Waals surface area contributed by atoms with Crippen molar-refractivity contribution in [1.82, 2.24) is 9.88 Å². The lowest BCUT2D eigenvalue weighted by molar-refractivity contribution is 0.0784. The van der Waals surface area contributed by atoms with Gasteiger partial charge in [-0.1, -0.05) is 36.4 Å². The Hall–Kier alpha value is -3.67. The van der Waals surface area contributed by atoms with Gasteiger partial charge in [-0.2, -0.15) is 0 Å². The highest BCUT2D eigenvalue weighted by molar-refractivity contribution is 6.05. The molecule has 0 atom stereocenters. The molecule has 142 valence electrons. The van der Waals surface area contributed by atoms with Crippen molar-refractivity contribution in [2.24, 2.45) is 0 Å². The summed E-state index contributed by atoms with van der Waals surface area (Å²) in [7, 11) is 3.28. The minimum atomic E-state index is -0.346. The first-order valence-electron chi connectivity index (χ1n) is 8.76. The van der Waals surface area contributed by atoms with Gasteiger partial charge in [0.25, 0.3) is 11.8 Å². The number of carbonyl (C=O) groups excluding carboxylic acids is 2. The van der Waals surface area contributed by atoms with Crippen molar-refractivity contribution < 1.29 is 14.3 Å². The normalized spacial score (nSPS) is 10.2. The number of carbonyl (C=O) groups is 2. The van der Waals surface area contributed by atoms with Crippen LogP contribution in [0.1, 0.15) is 26.3 Å². The van der Waals surface area contributed by atoms with Crippen molar-refractivity contribution in [3.8, 4) is 5.75 Å². The highest BCUT2D eigenvalue weighted by Crippen LogP contribution is 2.18. The Labute approximate surface area is 163 Å². The molecule has 0 saturated carbocycles. The summed E-state index contributed by atoms with van der Waals surface area (Å²) in [6.45, 7) is 0.472. The second-order valence-corrected chi connectivity index (χ2v) is 6.30. The minimum Gasteiger partial charge on any atom is -0.497 e. The molecule has 0 aliphatic heterocycles. The third kappa shape index (κ3) is 4.73. The van der Waals surface area contributed by atoms with E-state index in [1.54, 1.807) is 49.4 Å². The van der Waals surface area contributed by atoms with Gasteiger partial charge in [0.2, 0.25) is 0 Å². The van der Waals surface area contributed by atoms with Gasteiger partial charge in [-0.05, 0) is 23.8 Å². The summed E-state index contributed by atoms with van der Waals surface area (Å²) >= 11 is 0. The third-order valence-electron chi connectivity index (χ3n) is 4.18. The molecule has 0 aliphatic carbocycles. The van der Waals surface area contributed by atoms with E-state index >= 15 is 0 Å². The lowest BCUT2D eigenvalue weighted by Crippen LogP contribution is -2.26. The van der Waals surface area contributed by atoms with Crippen LogP contribution in [0.4, 0.5) is 5.69 Å². The molecule has 0 fully saturated rings. The maximum atomic E-state index is 12.7. The summed E-state index contributed by atoms with van der Waals surface area (Å²) in [4.78, 5) is 30.9. The number of pyridine rings is 1. The number of hydrogen-bond donors (Lipinski definition) is 1. The highest BCUT2D eigenvalue weighted by atomic mass is 16.5. The number of aromatic nitrogens is 1. The van der Waals surface area contributed by atoms with Gasteiger partial charge >= 0.3 is 0 Å². The first-order chi connectivity index (χ1) is 13.6. The maximum absolute atomic E-state index is 12.7. The van der Waals surface area contributed by atoms with Crippen LogP contribution in [0.3, 0.4) is 0 Å². The number of benzene rings is 2. The number of anilines is 1. The number of rotatable bonds is 6. The average Bonchev–Trinajstić information content (AvgIpc) is 2.74. The van der Waals surface area contributed by atoms with Crippen LogP contribution in [0, 0.1) is 0 Å². The molecule has 0 spiro atoms. The van der Waals surface area contributed by atoms with E-state index < -0.39 is 0 Å². The minimum absolute atomic E-state index is 0.201. The summed E-state index contributed by atoms with van der Waals surface area (Å²) in [5.74, 6) is 0.0934. The summed E-state index contributed by atoms with van der Waals surface area (Å²) in [6, 6.07) is 18.3. The van der Waals surface area contributed by atoms with Crippen LogP contribution in [-0.2, 0) is 6.54 Å². The van der Waals surface area contributed by atoms with Crippen LogP contribution < -0.4 is 10.1 Å². The zero-order chi connectivity index (χ0) is 19.9. The molecular weight excluding hydrogens is 354 g/mol. The molecule has 2 aromatic carbocycles. The van der Waals surface area contributed by atoms with Crippen molar-refractivity contribution in [3.05, 3.63) is 89.7 Å². The number of nitrogens with one attached hydrogen (secondary N) is 1. The predicted molar refractivity (Wildman–Crippen MR) is 107 cm³/mol. The summed E-state index contributed by atoms with van der Waals surface area (Å²) in [6.07, 6.45) is 2.90. The van der Waals surface area contributed by atoms with Crippen LogP contribution in [0.5, 0.6) is 5.75 Å². The lowest BCUT2D eigenvalue weighted by atomic mass is 10.1. The Kier molecular flexibility index (Phi) is 6.01. The van der Waals surface area contributed by atoms with Crippen LogP contribution in [0.15, 0.2) is 73.1 Å². The van der Waals surface area contributed by atoms with Gasteiger partial charge in [-0.15, -0.1) is 0 Å². The molecule has 6 heteroatoms. The van der Waals surface area contributed by atoms with E-state index in [-0.39, 0.29) is 11.8 Å². The van der Waals surface area contributed by atoms with E-state index in [2.05, 4.69) is 10.3 Å². The lowest BCUT2D eigenvalue weighted by Gasteiger charge is -2.17. The van der Waals surface area contributed by atoms with E-state index in [0.717, 1.165) is 5.56 Å². The first-order valence-corrected chi connectivity index (χ1v) is 8.76. The maximum Gasteiger partial charge on any atom is 0.257 e. The molecule has 6 nitrogen and oxygen atoms in total. The van der Waals surface area contributed by atoms with Gasteiger partial charge in [-0.25, -0.2) is 0 Å². The van der Waals surface area contributed by atoms with E-state index in [1.807, 2.05) is 30.3 Å². The fourth-order valence-electron chi connectivity index (χ4n) is 2.73. The van der Waals surface area contributed by atoms with Gasteiger partial charge in [-0.3, -0.25) is 14.6 Å². The van der Waals surface area contributed by atoms with E-state index in [9.17, 15) is 9.59 Å². The SMILES string of the molecule is COc1cccc(NC(=O)c2cncc(C(=O)N(C)Cc3ccccc3)c2)c1. The molecular formula is C22H21N3O3. The second kappa shape index (κ2) is 8.81. The molecule has 1 N–H and O–H groups in total. The van der Waals surface area contributed by atoms with Crippen LogP contribution >= 0.6 is 0 Å². The molecule has 0 unspecified atom stereocenters. The standard InChI is InChI=1S/C22H21N3O3/c1-25(15-16-7-4-3-5-8-16)22(27)18-11-17(13-23-14-18)21(26)24-19-9-6-10-20(12-19)28-2/h3-14H,15H2,1-2H3,(H,24,26). The zero-order valence-corrected chi connectivity index (χ0v) is 15.8. The summed E-state index contributed by atoms with van der Waals surface area (Å²) < 4.78 is 5.15. The van der Waals surface area contributed by atoms with E-state index in [1.165, 1.54) is 12.4 Å². The molecule has 3 rings (SSSR count). The molecule has 1 aromatic heterocycles. The van der Waals surface area contributed by atoms with Crippen molar-refractivity contribution in [2.45, 2.75) is 6.54 Å². The quantitative estimate of drug-likeness (QED) is 0.714. The monoisotopic (exact) mass is 375 g/mol. The zero-order valence-electron chi connectivity index (χ0n) is 15.8. The first kappa shape index (κ1) is 19.1. The largest absolute Gasteiger partial charge is 0.497 e. The fraction of sp³-hybridized carbons (Fsp3) is 0.136. The number of hydrogen-bond acceptors (Lipinski definition) is 4. The second-order valence-electron chi connectivity index (χ2n) is 6.30. The summed E-state index contributed by atoms with van der Waals surface area (Å²) in [5, 5.41) is 2.78. The number of amides is 2. The van der Waals surface area contributed by atoms with Crippen LogP contribution in [0.25, 0.3) is 0 Å². The van der Waals surface area contributed by atoms with Crippen molar-refractivity contribution >= 4 is 17.5 Å². The number of methoxy groups -OCH3 is 1. The van der Waals surface area contributed by atoms with E-state index in [0.29, 0.717) is 29.1 Å². The van der Waals surface area contributed by atoms with Gasteiger partial charge in [0.05, 0.1) is 18.2 Å². The summed E-state index contributed by atoms with van der Waals surface area (Å²) in [5.41, 5.74) is 2.29. The van der Waals surface area contributed by atoms with Gasteiger partial charge < -0.3 is 15.0 Å². The Morgan fingerprint density at radius 1 is 1.00 bits per heavy atom. The molecule has 28 heavy (non-hydrogen) atoms. The Bertz CT molecular complexity index is 974. The van der Waals surface area contributed by atoms with Gasteiger partial charge in [0.15, 0.2) is 0 Å². The molecule has 2 amide bonds. The third-order valence-corrected chi connectivity index (χ3v) is 4.18.